The third-order valence-electron chi connectivity index (χ3n) is 6.46. The van der Waals surface area contributed by atoms with Crippen molar-refractivity contribution in [1.82, 2.24) is 15.1 Å². The van der Waals surface area contributed by atoms with Crippen LogP contribution in [0.2, 0.25) is 0 Å². The van der Waals surface area contributed by atoms with Gasteiger partial charge in [-0.1, -0.05) is 66.7 Å². The summed E-state index contributed by atoms with van der Waals surface area (Å²) in [6.45, 7) is 2.01. The Bertz CT molecular complexity index is 975. The molecule has 3 atom stereocenters. The van der Waals surface area contributed by atoms with E-state index < -0.39 is 0 Å². The molecule has 6 nitrogen and oxygen atoms in total. The number of hydrogen-bond acceptors (Lipinski definition) is 5. The lowest BCUT2D eigenvalue weighted by Crippen LogP contribution is -2.51. The highest BCUT2D eigenvalue weighted by molar-refractivity contribution is 5.83. The molecule has 2 heterocycles. The van der Waals surface area contributed by atoms with E-state index in [-0.39, 0.29) is 30.0 Å². The molecule has 32 heavy (non-hydrogen) atoms. The van der Waals surface area contributed by atoms with Gasteiger partial charge in [0.1, 0.15) is 6.04 Å². The van der Waals surface area contributed by atoms with E-state index in [1.165, 1.54) is 18.2 Å². The first-order chi connectivity index (χ1) is 15.5. The molecule has 1 unspecified atom stereocenters. The van der Waals surface area contributed by atoms with Crippen molar-refractivity contribution in [3.8, 4) is 0 Å². The maximum absolute atomic E-state index is 13.1. The Morgan fingerprint density at radius 1 is 1.06 bits per heavy atom. The number of carbonyl (C=O) groups is 2. The lowest BCUT2D eigenvalue weighted by atomic mass is 9.94. The SMILES string of the molecule is COC(=O)[C@@H]1C[C@@H](NC(=O)C2Cc3ccccc3CN2C)CN1C/C=C/c1ccccc1. The minimum atomic E-state index is -0.351. The van der Waals surface area contributed by atoms with E-state index in [0.717, 1.165) is 12.1 Å². The van der Waals surface area contributed by atoms with Gasteiger partial charge in [0.25, 0.3) is 0 Å². The number of esters is 1. The van der Waals surface area contributed by atoms with Crippen molar-refractivity contribution < 1.29 is 14.3 Å². The molecule has 2 aromatic carbocycles. The summed E-state index contributed by atoms with van der Waals surface area (Å²) in [5, 5.41) is 3.20. The number of rotatable bonds is 6. The molecule has 168 valence electrons. The summed E-state index contributed by atoms with van der Waals surface area (Å²) in [5.41, 5.74) is 3.63. The van der Waals surface area contributed by atoms with E-state index in [9.17, 15) is 9.59 Å². The van der Waals surface area contributed by atoms with E-state index >= 15 is 0 Å². The molecular weight excluding hydrogens is 402 g/mol. The molecule has 2 aliphatic rings. The molecule has 0 aromatic heterocycles. The fourth-order valence-corrected chi connectivity index (χ4v) is 4.72. The molecule has 0 aliphatic carbocycles. The molecule has 6 heteroatoms. The molecule has 1 amide bonds. The number of ether oxygens (including phenoxy) is 1. The topological polar surface area (TPSA) is 61.9 Å². The van der Waals surface area contributed by atoms with Crippen LogP contribution in [0.3, 0.4) is 0 Å². The van der Waals surface area contributed by atoms with Crippen molar-refractivity contribution in [3.05, 3.63) is 77.4 Å². The van der Waals surface area contributed by atoms with Gasteiger partial charge in [0.15, 0.2) is 0 Å². The molecule has 1 fully saturated rings. The van der Waals surface area contributed by atoms with Gasteiger partial charge >= 0.3 is 5.97 Å². The highest BCUT2D eigenvalue weighted by Crippen LogP contribution is 2.24. The fraction of sp³-hybridized carbons (Fsp3) is 0.385. The normalized spacial score (nSPS) is 23.8. The third kappa shape index (κ3) is 5.09. The molecule has 4 rings (SSSR count). The van der Waals surface area contributed by atoms with Crippen LogP contribution in [0.4, 0.5) is 0 Å². The maximum Gasteiger partial charge on any atom is 0.323 e. The van der Waals surface area contributed by atoms with Gasteiger partial charge < -0.3 is 10.1 Å². The second-order valence-electron chi connectivity index (χ2n) is 8.65. The summed E-state index contributed by atoms with van der Waals surface area (Å²) in [5.74, 6) is -0.226. The standard InChI is InChI=1S/C26H31N3O3/c1-28-17-21-13-7-6-12-20(21)15-23(28)25(30)27-22-16-24(26(31)32-2)29(18-22)14-8-11-19-9-4-3-5-10-19/h3-13,22-24H,14-18H2,1-2H3,(H,27,30)/b11-8+/t22-,23?,24+/m1/s1. The number of nitrogens with one attached hydrogen (secondary N) is 1. The number of likely N-dealkylation sites (tertiary alicyclic amines) is 1. The van der Waals surface area contributed by atoms with Crippen LogP contribution in [0.15, 0.2) is 60.7 Å². The molecule has 0 bridgehead atoms. The van der Waals surface area contributed by atoms with Crippen LogP contribution in [0, 0.1) is 0 Å². The summed E-state index contributed by atoms with van der Waals surface area (Å²) < 4.78 is 5.03. The van der Waals surface area contributed by atoms with Gasteiger partial charge in [0, 0.05) is 25.7 Å². The van der Waals surface area contributed by atoms with E-state index in [2.05, 4.69) is 39.4 Å². The Labute approximate surface area is 189 Å². The van der Waals surface area contributed by atoms with Crippen molar-refractivity contribution in [3.63, 3.8) is 0 Å². The molecule has 1 saturated heterocycles. The number of methoxy groups -OCH3 is 1. The Morgan fingerprint density at radius 3 is 2.53 bits per heavy atom. The summed E-state index contributed by atoms with van der Waals surface area (Å²) >= 11 is 0. The Kier molecular flexibility index (Phi) is 7.02. The summed E-state index contributed by atoms with van der Waals surface area (Å²) in [6, 6.07) is 17.7. The second-order valence-corrected chi connectivity index (χ2v) is 8.65. The zero-order valence-electron chi connectivity index (χ0n) is 18.7. The van der Waals surface area contributed by atoms with Gasteiger partial charge in [0.2, 0.25) is 5.91 Å². The van der Waals surface area contributed by atoms with Crippen molar-refractivity contribution >= 4 is 18.0 Å². The number of nitrogens with zero attached hydrogens (tertiary/aromatic N) is 2. The summed E-state index contributed by atoms with van der Waals surface area (Å²) in [7, 11) is 3.41. The van der Waals surface area contributed by atoms with Crippen LogP contribution < -0.4 is 5.32 Å². The van der Waals surface area contributed by atoms with Crippen LogP contribution in [-0.4, -0.2) is 67.0 Å². The van der Waals surface area contributed by atoms with Gasteiger partial charge in [-0.25, -0.2) is 0 Å². The number of carbonyl (C=O) groups excluding carboxylic acids is 2. The molecule has 0 spiro atoms. The quantitative estimate of drug-likeness (QED) is 0.710. The average molecular weight is 434 g/mol. The largest absolute Gasteiger partial charge is 0.468 e. The van der Waals surface area contributed by atoms with Crippen molar-refractivity contribution in [2.24, 2.45) is 0 Å². The molecule has 0 radical (unpaired) electrons. The van der Waals surface area contributed by atoms with Gasteiger partial charge in [-0.05, 0) is 36.6 Å². The molecule has 2 aliphatic heterocycles. The molecule has 0 saturated carbocycles. The molecular formula is C26H31N3O3. The number of fused-ring (bicyclic) bond motifs is 1. The Hall–Kier alpha value is -2.96. The van der Waals surface area contributed by atoms with Crippen LogP contribution in [-0.2, 0) is 27.3 Å². The highest BCUT2D eigenvalue weighted by atomic mass is 16.5. The predicted octanol–water partition coefficient (Wildman–Crippen LogP) is 2.49. The molecule has 2 aromatic rings. The lowest BCUT2D eigenvalue weighted by Gasteiger charge is -2.33. The fourth-order valence-electron chi connectivity index (χ4n) is 4.72. The second kappa shape index (κ2) is 10.1. The van der Waals surface area contributed by atoms with Gasteiger partial charge in [-0.3, -0.25) is 19.4 Å². The van der Waals surface area contributed by atoms with Gasteiger partial charge in [-0.15, -0.1) is 0 Å². The van der Waals surface area contributed by atoms with Crippen LogP contribution in [0.25, 0.3) is 6.08 Å². The third-order valence-corrected chi connectivity index (χ3v) is 6.46. The first kappa shape index (κ1) is 22.2. The summed E-state index contributed by atoms with van der Waals surface area (Å²) in [4.78, 5) is 29.7. The average Bonchev–Trinajstić information content (AvgIpc) is 3.21. The van der Waals surface area contributed by atoms with Crippen molar-refractivity contribution in [2.75, 3.05) is 27.2 Å². The smallest absolute Gasteiger partial charge is 0.323 e. The monoisotopic (exact) mass is 433 g/mol. The van der Waals surface area contributed by atoms with Crippen molar-refractivity contribution in [2.45, 2.75) is 37.5 Å². The first-order valence-corrected chi connectivity index (χ1v) is 11.2. The van der Waals surface area contributed by atoms with Crippen LogP contribution >= 0.6 is 0 Å². The first-order valence-electron chi connectivity index (χ1n) is 11.2. The number of benzene rings is 2. The van der Waals surface area contributed by atoms with E-state index in [4.69, 9.17) is 4.74 Å². The van der Waals surface area contributed by atoms with Gasteiger partial charge in [0.05, 0.1) is 13.2 Å². The minimum absolute atomic E-state index is 0.0253. The van der Waals surface area contributed by atoms with Gasteiger partial charge in [-0.2, -0.15) is 0 Å². The van der Waals surface area contributed by atoms with E-state index in [1.54, 1.807) is 0 Å². The number of hydrogen-bond donors (Lipinski definition) is 1. The van der Waals surface area contributed by atoms with E-state index in [0.29, 0.717) is 25.9 Å². The lowest BCUT2D eigenvalue weighted by molar-refractivity contribution is -0.145. The maximum atomic E-state index is 13.1. The Morgan fingerprint density at radius 2 is 1.78 bits per heavy atom. The van der Waals surface area contributed by atoms with Crippen LogP contribution in [0.1, 0.15) is 23.1 Å². The molecule has 1 N–H and O–H groups in total. The van der Waals surface area contributed by atoms with Crippen LogP contribution in [0.5, 0.6) is 0 Å². The zero-order chi connectivity index (χ0) is 22.5. The number of likely N-dealkylation sites (N-methyl/N-ethyl adjacent to an activating group) is 1. The number of amides is 1. The predicted molar refractivity (Wildman–Crippen MR) is 125 cm³/mol. The van der Waals surface area contributed by atoms with E-state index in [1.807, 2.05) is 49.5 Å². The zero-order valence-corrected chi connectivity index (χ0v) is 18.7. The Balaban J connectivity index is 1.39. The summed E-state index contributed by atoms with van der Waals surface area (Å²) in [6.07, 6.45) is 5.37. The highest BCUT2D eigenvalue weighted by Gasteiger charge is 2.39. The minimum Gasteiger partial charge on any atom is -0.468 e. The van der Waals surface area contributed by atoms with Crippen molar-refractivity contribution in [1.29, 1.82) is 0 Å².